The van der Waals surface area contributed by atoms with Crippen LogP contribution < -0.4 is 16.7 Å². The van der Waals surface area contributed by atoms with Crippen molar-refractivity contribution >= 4 is 35.3 Å². The number of carbonyl (C=O) groups excluding carboxylic acids is 1. The summed E-state index contributed by atoms with van der Waals surface area (Å²) in [6, 6.07) is 5.02. The molecule has 0 saturated heterocycles. The third-order valence-corrected chi connectivity index (χ3v) is 3.58. The maximum Gasteiger partial charge on any atom is 0.342 e. The molecule has 0 radical (unpaired) electrons. The molecule has 1 aromatic carbocycles. The van der Waals surface area contributed by atoms with E-state index in [1.54, 1.807) is 18.2 Å². The lowest BCUT2D eigenvalue weighted by molar-refractivity contribution is -0.121. The molecule has 0 fully saturated rings. The monoisotopic (exact) mass is 355 g/mol. The molecule has 0 spiro atoms. The molecule has 23 heavy (non-hydrogen) atoms. The Hall–Kier alpha value is -2.45. The van der Waals surface area contributed by atoms with Crippen molar-refractivity contribution in [2.24, 2.45) is 5.10 Å². The molecular formula is C13H11Cl2N5O3. The maximum absolute atomic E-state index is 11.6. The van der Waals surface area contributed by atoms with E-state index in [2.05, 4.69) is 20.7 Å². The number of aryl methyl sites for hydroxylation is 1. The van der Waals surface area contributed by atoms with Gasteiger partial charge in [0.2, 0.25) is 5.91 Å². The number of aromatic amines is 2. The highest BCUT2D eigenvalue weighted by Crippen LogP contribution is 2.23. The van der Waals surface area contributed by atoms with Gasteiger partial charge in [-0.15, -0.1) is 0 Å². The Morgan fingerprint density at radius 2 is 2.13 bits per heavy atom. The summed E-state index contributed by atoms with van der Waals surface area (Å²) in [4.78, 5) is 35.9. The minimum Gasteiger partial charge on any atom is -0.273 e. The van der Waals surface area contributed by atoms with Crippen LogP contribution in [0.1, 0.15) is 17.7 Å². The molecule has 1 aromatic heterocycles. The van der Waals surface area contributed by atoms with E-state index in [4.69, 9.17) is 23.2 Å². The number of aromatic nitrogens is 3. The Kier molecular flexibility index (Phi) is 5.67. The standard InChI is InChI=1S/C13H11Cl2N5O3/c14-8-3-1-2-7(11(8)15)6-16-19-10(21)5-4-9-12(22)17-13(23)20-18-9/h1-3,6H,4-5H2,(H,19,21)(H2,17,20,22,23)/b16-6+. The number of carbonyl (C=O) groups is 1. The molecule has 1 heterocycles. The van der Waals surface area contributed by atoms with Gasteiger partial charge in [0.1, 0.15) is 5.69 Å². The van der Waals surface area contributed by atoms with Crippen LogP contribution in [0.2, 0.25) is 10.0 Å². The second kappa shape index (κ2) is 7.70. The molecule has 1 amide bonds. The number of hydrogen-bond donors (Lipinski definition) is 3. The van der Waals surface area contributed by atoms with E-state index in [1.807, 2.05) is 4.98 Å². The lowest BCUT2D eigenvalue weighted by atomic mass is 10.2. The highest BCUT2D eigenvalue weighted by atomic mass is 35.5. The molecule has 0 aliphatic carbocycles. The first-order chi connectivity index (χ1) is 11.0. The summed E-state index contributed by atoms with van der Waals surface area (Å²) in [5, 5.41) is 10.1. The van der Waals surface area contributed by atoms with Crippen LogP contribution in [-0.2, 0) is 11.2 Å². The molecule has 2 rings (SSSR count). The van der Waals surface area contributed by atoms with Gasteiger partial charge in [0, 0.05) is 18.4 Å². The second-order valence-corrected chi connectivity index (χ2v) is 5.17. The molecule has 0 unspecified atom stereocenters. The lowest BCUT2D eigenvalue weighted by Crippen LogP contribution is -2.28. The number of benzene rings is 1. The van der Waals surface area contributed by atoms with Crippen molar-refractivity contribution in [3.8, 4) is 0 Å². The van der Waals surface area contributed by atoms with E-state index >= 15 is 0 Å². The smallest absolute Gasteiger partial charge is 0.273 e. The summed E-state index contributed by atoms with van der Waals surface area (Å²) in [5.74, 6) is -0.424. The van der Waals surface area contributed by atoms with Gasteiger partial charge in [-0.05, 0) is 6.07 Å². The van der Waals surface area contributed by atoms with Crippen LogP contribution in [0, 0.1) is 0 Å². The highest BCUT2D eigenvalue weighted by Gasteiger charge is 2.07. The van der Waals surface area contributed by atoms with Crippen molar-refractivity contribution in [3.05, 3.63) is 60.3 Å². The van der Waals surface area contributed by atoms with E-state index in [1.165, 1.54) is 6.21 Å². The van der Waals surface area contributed by atoms with Crippen LogP contribution in [0.5, 0.6) is 0 Å². The Balaban J connectivity index is 1.90. The molecular weight excluding hydrogens is 345 g/mol. The largest absolute Gasteiger partial charge is 0.342 e. The number of H-pyrrole nitrogens is 2. The number of amides is 1. The highest BCUT2D eigenvalue weighted by molar-refractivity contribution is 6.43. The van der Waals surface area contributed by atoms with Gasteiger partial charge in [-0.2, -0.15) is 10.2 Å². The number of hydrogen-bond acceptors (Lipinski definition) is 5. The molecule has 0 bridgehead atoms. The van der Waals surface area contributed by atoms with Gasteiger partial charge in [0.05, 0.1) is 16.3 Å². The number of rotatable bonds is 5. The summed E-state index contributed by atoms with van der Waals surface area (Å²) in [6.07, 6.45) is 1.39. The molecule has 10 heteroatoms. The maximum atomic E-state index is 11.6. The zero-order valence-corrected chi connectivity index (χ0v) is 13.1. The van der Waals surface area contributed by atoms with Crippen molar-refractivity contribution in [3.63, 3.8) is 0 Å². The fourth-order valence-electron chi connectivity index (χ4n) is 1.62. The quantitative estimate of drug-likeness (QED) is 0.543. The van der Waals surface area contributed by atoms with Gasteiger partial charge in [-0.25, -0.2) is 15.3 Å². The van der Waals surface area contributed by atoms with E-state index in [-0.39, 0.29) is 18.5 Å². The Morgan fingerprint density at radius 1 is 1.35 bits per heavy atom. The number of halogens is 2. The summed E-state index contributed by atoms with van der Waals surface area (Å²) < 4.78 is 0. The minimum atomic E-state index is -0.703. The molecule has 3 N–H and O–H groups in total. The average molecular weight is 356 g/mol. The van der Waals surface area contributed by atoms with Crippen molar-refractivity contribution in [2.75, 3.05) is 0 Å². The molecule has 0 aliphatic heterocycles. The van der Waals surface area contributed by atoms with E-state index < -0.39 is 17.2 Å². The van der Waals surface area contributed by atoms with Crippen LogP contribution in [0.3, 0.4) is 0 Å². The van der Waals surface area contributed by atoms with Crippen molar-refractivity contribution in [2.45, 2.75) is 12.8 Å². The zero-order valence-electron chi connectivity index (χ0n) is 11.6. The predicted molar refractivity (Wildman–Crippen MR) is 86.0 cm³/mol. The summed E-state index contributed by atoms with van der Waals surface area (Å²) in [7, 11) is 0. The van der Waals surface area contributed by atoms with E-state index in [0.29, 0.717) is 15.6 Å². The molecule has 8 nitrogen and oxygen atoms in total. The fourth-order valence-corrected chi connectivity index (χ4v) is 1.98. The van der Waals surface area contributed by atoms with Crippen molar-refractivity contribution in [1.82, 2.24) is 20.6 Å². The van der Waals surface area contributed by atoms with Gasteiger partial charge in [-0.1, -0.05) is 35.3 Å². The Morgan fingerprint density at radius 3 is 2.87 bits per heavy atom. The minimum absolute atomic E-state index is 0.0251. The van der Waals surface area contributed by atoms with E-state index in [9.17, 15) is 14.4 Å². The first-order valence-corrected chi connectivity index (χ1v) is 7.17. The molecule has 0 atom stereocenters. The van der Waals surface area contributed by atoms with Crippen LogP contribution >= 0.6 is 23.2 Å². The predicted octanol–water partition coefficient (Wildman–Crippen LogP) is 0.848. The lowest BCUT2D eigenvalue weighted by Gasteiger charge is -2.01. The number of nitrogens with one attached hydrogen (secondary N) is 3. The van der Waals surface area contributed by atoms with Crippen LogP contribution in [-0.4, -0.2) is 27.3 Å². The summed E-state index contributed by atoms with van der Waals surface area (Å²) in [6.45, 7) is 0. The Labute approximate surface area is 139 Å². The van der Waals surface area contributed by atoms with Gasteiger partial charge >= 0.3 is 5.69 Å². The second-order valence-electron chi connectivity index (χ2n) is 4.39. The topological polar surface area (TPSA) is 120 Å². The third kappa shape index (κ3) is 4.76. The van der Waals surface area contributed by atoms with E-state index in [0.717, 1.165) is 0 Å². The van der Waals surface area contributed by atoms with Gasteiger partial charge < -0.3 is 0 Å². The Bertz CT molecular complexity index is 859. The first-order valence-electron chi connectivity index (χ1n) is 6.41. The number of hydrazone groups is 1. The zero-order chi connectivity index (χ0) is 16.8. The van der Waals surface area contributed by atoms with Crippen molar-refractivity contribution in [1.29, 1.82) is 0 Å². The van der Waals surface area contributed by atoms with Gasteiger partial charge in [0.15, 0.2) is 0 Å². The van der Waals surface area contributed by atoms with Crippen molar-refractivity contribution < 1.29 is 4.79 Å². The first kappa shape index (κ1) is 16.9. The fraction of sp³-hybridized carbons (Fsp3) is 0.154. The summed E-state index contributed by atoms with van der Waals surface area (Å²) >= 11 is 11.8. The summed E-state index contributed by atoms with van der Waals surface area (Å²) in [5.41, 5.74) is 1.58. The SMILES string of the molecule is O=C(CCc1n[nH]c(=O)[nH]c1=O)N/N=C/c1cccc(Cl)c1Cl. The van der Waals surface area contributed by atoms with Crippen LogP contribution in [0.25, 0.3) is 0 Å². The van der Waals surface area contributed by atoms with Crippen LogP contribution in [0.15, 0.2) is 32.9 Å². The molecule has 2 aromatic rings. The number of nitrogens with zero attached hydrogens (tertiary/aromatic N) is 2. The van der Waals surface area contributed by atoms with Gasteiger partial charge in [-0.3, -0.25) is 14.6 Å². The van der Waals surface area contributed by atoms with Gasteiger partial charge in [0.25, 0.3) is 5.56 Å². The normalized spacial score (nSPS) is 10.9. The molecule has 120 valence electrons. The molecule has 0 saturated carbocycles. The van der Waals surface area contributed by atoms with Crippen LogP contribution in [0.4, 0.5) is 0 Å². The average Bonchev–Trinajstić information content (AvgIpc) is 2.50. The molecule has 0 aliphatic rings. The third-order valence-electron chi connectivity index (χ3n) is 2.74.